The monoisotopic (exact) mass is 610 g/mol. The number of aliphatic hydroxyl groups excluding tert-OH is 1. The van der Waals surface area contributed by atoms with Crippen molar-refractivity contribution in [2.45, 2.75) is 115 Å². The second-order valence-corrected chi connectivity index (χ2v) is 18.4. The van der Waals surface area contributed by atoms with Crippen molar-refractivity contribution >= 4 is 8.32 Å². The van der Waals surface area contributed by atoms with Crippen molar-refractivity contribution in [3.05, 3.63) is 96.6 Å². The Morgan fingerprint density at radius 1 is 0.884 bits per heavy atom. The highest BCUT2D eigenvalue weighted by molar-refractivity contribution is 6.77. The molecule has 5 nitrogen and oxygen atoms in total. The first-order valence-electron chi connectivity index (χ1n) is 16.0. The van der Waals surface area contributed by atoms with Crippen LogP contribution in [0.1, 0.15) is 78.9 Å². The van der Waals surface area contributed by atoms with E-state index in [1.54, 1.807) is 0 Å². The molecule has 0 aliphatic rings. The van der Waals surface area contributed by atoms with E-state index in [-0.39, 0.29) is 6.61 Å². The fourth-order valence-electron chi connectivity index (χ4n) is 6.25. The summed E-state index contributed by atoms with van der Waals surface area (Å²) in [6, 6.07) is 20.3. The minimum absolute atomic E-state index is 0.133. The summed E-state index contributed by atoms with van der Waals surface area (Å²) in [6.45, 7) is 25.7. The summed E-state index contributed by atoms with van der Waals surface area (Å²) >= 11 is 0. The van der Waals surface area contributed by atoms with Gasteiger partial charge in [-0.25, -0.2) is 0 Å². The van der Waals surface area contributed by atoms with Gasteiger partial charge in [0.15, 0.2) is 0 Å². The maximum atomic E-state index is 10.5. The summed E-state index contributed by atoms with van der Waals surface area (Å²) in [5.74, 6) is 0. The molecule has 6 heteroatoms. The van der Waals surface area contributed by atoms with Gasteiger partial charge < -0.3 is 23.7 Å². The van der Waals surface area contributed by atoms with Crippen molar-refractivity contribution in [1.82, 2.24) is 0 Å². The number of hydrogen-bond donors (Lipinski definition) is 1. The van der Waals surface area contributed by atoms with E-state index in [1.807, 2.05) is 54.6 Å². The van der Waals surface area contributed by atoms with Gasteiger partial charge in [-0.15, -0.1) is 6.58 Å². The number of allylic oxidation sites excluding steroid dienone is 1. The number of rotatable bonds is 22. The highest BCUT2D eigenvalue weighted by Crippen LogP contribution is 2.42. The normalized spacial score (nSPS) is 15.0. The topological polar surface area (TPSA) is 57.2 Å². The summed E-state index contributed by atoms with van der Waals surface area (Å²) in [5, 5.41) is 10.5. The maximum Gasteiger partial charge on any atom is 0.200 e. The second kappa shape index (κ2) is 18.7. The predicted molar refractivity (Wildman–Crippen MR) is 182 cm³/mol. The smallest absolute Gasteiger partial charge is 0.200 e. The van der Waals surface area contributed by atoms with Gasteiger partial charge in [-0.2, -0.15) is 0 Å². The third kappa shape index (κ3) is 11.4. The van der Waals surface area contributed by atoms with Gasteiger partial charge >= 0.3 is 0 Å². The molecule has 0 spiro atoms. The predicted octanol–water partition coefficient (Wildman–Crippen LogP) is 9.03. The van der Waals surface area contributed by atoms with Crippen LogP contribution in [0.15, 0.2) is 85.5 Å². The third-order valence-electron chi connectivity index (χ3n) is 8.63. The Kier molecular flexibility index (Phi) is 16.1. The minimum Gasteiger partial charge on any atom is -0.412 e. The van der Waals surface area contributed by atoms with E-state index in [2.05, 4.69) is 73.8 Å². The average Bonchev–Trinajstić information content (AvgIpc) is 2.98. The number of aliphatic hydroxyl groups is 1. The molecule has 0 unspecified atom stereocenters. The molecular weight excluding hydrogens is 552 g/mol. The average molecular weight is 611 g/mol. The third-order valence-corrected chi connectivity index (χ3v) is 14.7. The summed E-state index contributed by atoms with van der Waals surface area (Å²) in [6.07, 6.45) is 2.99. The van der Waals surface area contributed by atoms with Crippen molar-refractivity contribution < 1.29 is 23.7 Å². The molecule has 2 rings (SSSR count). The largest absolute Gasteiger partial charge is 0.412 e. The van der Waals surface area contributed by atoms with Crippen LogP contribution in [0.5, 0.6) is 0 Å². The SMILES string of the molecule is C=CCC[C@@](C)(OCc1ccccc1)[C@@H](COCc1ccccc1)O[C@@H](CO)CC(=C)CO[Si](C(C)C)(C(C)C)C(C)C. The van der Waals surface area contributed by atoms with Gasteiger partial charge in [0.25, 0.3) is 0 Å². The minimum atomic E-state index is -2.03. The zero-order valence-corrected chi connectivity index (χ0v) is 28.9. The highest BCUT2D eigenvalue weighted by atomic mass is 28.4. The molecule has 0 fully saturated rings. The molecule has 3 atom stereocenters. The van der Waals surface area contributed by atoms with Gasteiger partial charge in [0.05, 0.1) is 44.7 Å². The van der Waals surface area contributed by atoms with E-state index < -0.39 is 26.1 Å². The Morgan fingerprint density at radius 3 is 1.91 bits per heavy atom. The molecule has 2 aromatic rings. The molecule has 43 heavy (non-hydrogen) atoms. The number of hydrogen-bond acceptors (Lipinski definition) is 5. The zero-order valence-electron chi connectivity index (χ0n) is 27.9. The van der Waals surface area contributed by atoms with Crippen LogP contribution in [0.4, 0.5) is 0 Å². The summed E-state index contributed by atoms with van der Waals surface area (Å²) in [5.41, 5.74) is 3.90. The fraction of sp³-hybridized carbons (Fsp3) is 0.568. The van der Waals surface area contributed by atoms with Gasteiger partial charge in [-0.1, -0.05) is 120 Å². The Labute approximate surface area is 263 Å². The molecule has 1 N–H and O–H groups in total. The molecule has 2 aromatic carbocycles. The summed E-state index contributed by atoms with van der Waals surface area (Å²) in [4.78, 5) is 0. The van der Waals surface area contributed by atoms with Crippen LogP contribution in [0, 0.1) is 0 Å². The van der Waals surface area contributed by atoms with Crippen molar-refractivity contribution in [3.8, 4) is 0 Å². The van der Waals surface area contributed by atoms with E-state index in [9.17, 15) is 5.11 Å². The lowest BCUT2D eigenvalue weighted by molar-refractivity contribution is -0.189. The van der Waals surface area contributed by atoms with Crippen LogP contribution >= 0.6 is 0 Å². The first kappa shape index (κ1) is 37.1. The van der Waals surface area contributed by atoms with Crippen LogP contribution in [0.25, 0.3) is 0 Å². The molecule has 0 bridgehead atoms. The first-order valence-corrected chi connectivity index (χ1v) is 18.1. The van der Waals surface area contributed by atoms with Crippen LogP contribution in [-0.2, 0) is 31.9 Å². The molecular formula is C37H58O5Si. The lowest BCUT2D eigenvalue weighted by Gasteiger charge is -2.42. The van der Waals surface area contributed by atoms with Gasteiger partial charge in [0.2, 0.25) is 8.32 Å². The Hall–Kier alpha value is -2.06. The van der Waals surface area contributed by atoms with Gasteiger partial charge in [-0.3, -0.25) is 0 Å². The van der Waals surface area contributed by atoms with Crippen molar-refractivity contribution in [2.75, 3.05) is 19.8 Å². The molecule has 0 radical (unpaired) electrons. The quantitative estimate of drug-likeness (QED) is 0.106. The van der Waals surface area contributed by atoms with E-state index >= 15 is 0 Å². The Bertz CT molecular complexity index is 1030. The van der Waals surface area contributed by atoms with E-state index in [0.717, 1.165) is 23.1 Å². The maximum absolute atomic E-state index is 10.5. The Balaban J connectivity index is 2.22. The van der Waals surface area contributed by atoms with Crippen LogP contribution in [-0.4, -0.2) is 51.1 Å². The zero-order chi connectivity index (χ0) is 31.9. The first-order chi connectivity index (χ1) is 20.5. The van der Waals surface area contributed by atoms with Crippen LogP contribution in [0.2, 0.25) is 16.6 Å². The summed E-state index contributed by atoms with van der Waals surface area (Å²) in [7, 11) is -2.03. The molecule has 0 saturated heterocycles. The van der Waals surface area contributed by atoms with Crippen molar-refractivity contribution in [1.29, 1.82) is 0 Å². The lowest BCUT2D eigenvalue weighted by Crippen LogP contribution is -2.49. The standard InChI is InChI=1S/C37H58O5Si/c1-10-11-22-37(9,40-27-34-20-16-13-17-21-34)36(28-39-26-33-18-14-12-15-19-33)42-35(24-38)23-32(8)25-41-43(29(2)3,30(4)5)31(6)7/h10,12-21,29-31,35-36,38H,1,8,11,22-28H2,2-7,9H3/t35-,36-,37-/m1/s1. The number of ether oxygens (including phenoxy) is 3. The lowest BCUT2D eigenvalue weighted by atomic mass is 9.92. The van der Waals surface area contributed by atoms with Gasteiger partial charge in [-0.05, 0) is 53.9 Å². The van der Waals surface area contributed by atoms with Crippen LogP contribution in [0.3, 0.4) is 0 Å². The second-order valence-electron chi connectivity index (χ2n) is 12.9. The van der Waals surface area contributed by atoms with E-state index in [4.69, 9.17) is 18.6 Å². The fourth-order valence-corrected chi connectivity index (χ4v) is 11.7. The van der Waals surface area contributed by atoms with Gasteiger partial charge in [0.1, 0.15) is 6.10 Å². The van der Waals surface area contributed by atoms with Crippen molar-refractivity contribution in [3.63, 3.8) is 0 Å². The summed E-state index contributed by atoms with van der Waals surface area (Å²) < 4.78 is 26.3. The highest BCUT2D eigenvalue weighted by Gasteiger charge is 2.45. The van der Waals surface area contributed by atoms with Crippen LogP contribution < -0.4 is 0 Å². The number of benzene rings is 2. The van der Waals surface area contributed by atoms with E-state index in [1.165, 1.54) is 0 Å². The molecule has 240 valence electrons. The molecule has 0 saturated carbocycles. The molecule has 0 amide bonds. The van der Waals surface area contributed by atoms with Gasteiger partial charge in [0, 0.05) is 0 Å². The van der Waals surface area contributed by atoms with Crippen molar-refractivity contribution in [2.24, 2.45) is 0 Å². The Morgan fingerprint density at radius 2 is 1.42 bits per heavy atom. The van der Waals surface area contributed by atoms with E-state index in [0.29, 0.717) is 55.9 Å². The molecule has 0 aliphatic heterocycles. The molecule has 0 aromatic heterocycles. The molecule has 0 aliphatic carbocycles. The molecule has 0 heterocycles.